The Morgan fingerprint density at radius 2 is 0.438 bits per heavy atom. The van der Waals surface area contributed by atoms with E-state index < -0.39 is 0 Å². The molecule has 0 spiro atoms. The Balaban J connectivity index is -0.00000000321. The minimum absolute atomic E-state index is 0. The van der Waals surface area contributed by atoms with Crippen molar-refractivity contribution >= 4 is 0 Å². The number of hydrogen-bond donors (Lipinski definition) is 1. The first kappa shape index (κ1) is 152. The van der Waals surface area contributed by atoms with Crippen LogP contribution in [0.2, 0.25) is 0 Å². The third-order valence-corrected chi connectivity index (χ3v) is 0. The molecule has 83 valence electrons. The predicted molar refractivity (Wildman–Crippen MR) is 39.4 cm³/mol. The normalized spacial score (nSPS) is 0.750. The Morgan fingerprint density at radius 1 is 0.438 bits per heavy atom. The van der Waals surface area contributed by atoms with Gasteiger partial charge in [-0.05, 0) is 0 Å². The summed E-state index contributed by atoms with van der Waals surface area (Å²) >= 11 is 0. The number of nitrogens with zero attached hydrogens (tertiary/aromatic N) is 6. The molecule has 0 aliphatic carbocycles. The van der Waals surface area contributed by atoms with Gasteiger partial charge in [0.2, 0.25) is 0 Å². The molecule has 0 aliphatic heterocycles. The maximum Gasteiger partial charge on any atom is 6.00 e. The van der Waals surface area contributed by atoms with Crippen LogP contribution < -0.4 is 6.15 Å². The van der Waals surface area contributed by atoms with E-state index in [0.717, 1.165) is 0 Å². The minimum Gasteiger partial charge on any atom is -0.512 e. The zero-order valence-corrected chi connectivity index (χ0v) is 10.1. The summed E-state index contributed by atoms with van der Waals surface area (Å²) in [4.78, 5) is 0. The summed E-state index contributed by atoms with van der Waals surface area (Å²) in [5, 5.41) is 37.5. The number of rotatable bonds is 0. The molecule has 10 heteroatoms. The summed E-state index contributed by atoms with van der Waals surface area (Å²) in [5.41, 5.74) is 0. The van der Waals surface area contributed by atoms with E-state index in [1.165, 1.54) is 0 Å². The van der Waals surface area contributed by atoms with Gasteiger partial charge in [-0.15, -0.1) is 0 Å². The molecule has 0 saturated carbocycles. The second-order valence-electron chi connectivity index (χ2n) is 0. The van der Waals surface area contributed by atoms with Crippen molar-refractivity contribution in [1.82, 2.24) is 6.15 Å². The molecule has 0 bridgehead atoms. The van der Waals surface area contributed by atoms with Crippen LogP contribution in [0.4, 0.5) is 0 Å². The largest absolute Gasteiger partial charge is 6.00 e. The zero-order valence-electron chi connectivity index (χ0n) is 7.89. The van der Waals surface area contributed by atoms with Crippen molar-refractivity contribution in [1.29, 1.82) is 31.6 Å². The number of quaternary nitrogens is 1. The van der Waals surface area contributed by atoms with E-state index in [1.807, 2.05) is 0 Å². The molecule has 0 heterocycles. The topological polar surface area (TPSA) is 211 Å². The Morgan fingerprint density at radius 3 is 0.438 bits per heavy atom. The molecule has 1 radical (unpaired) electrons. The Hall–Kier alpha value is -2.10. The van der Waals surface area contributed by atoms with Gasteiger partial charge in [0.05, 0.1) is 0 Å². The van der Waals surface area contributed by atoms with Crippen LogP contribution in [0.25, 0.3) is 0 Å². The first-order valence-electron chi connectivity index (χ1n) is 1.34. The summed E-state index contributed by atoms with van der Waals surface area (Å²) in [7, 11) is 0. The van der Waals surface area contributed by atoms with Gasteiger partial charge in [-0.2, -0.15) is 0 Å². The third-order valence-electron chi connectivity index (χ3n) is 0. The van der Waals surface area contributed by atoms with E-state index in [1.54, 1.807) is 0 Å². The molecule has 0 aromatic rings. The van der Waals surface area contributed by atoms with Crippen molar-refractivity contribution in [2.24, 2.45) is 0 Å². The average Bonchev–Trinajstić information content (AvgIpc) is 2.33. The molecule has 0 aromatic heterocycles. The molecule has 0 rings (SSSR count). The second kappa shape index (κ2) is 414. The van der Waals surface area contributed by atoms with Gasteiger partial charge >= 0.3 is 34.1 Å². The van der Waals surface area contributed by atoms with Crippen molar-refractivity contribution in [3.05, 3.63) is 39.4 Å². The van der Waals surface area contributed by atoms with Gasteiger partial charge in [0.1, 0.15) is 0 Å². The third kappa shape index (κ3) is 320. The Labute approximate surface area is 117 Å². The molecule has 0 unspecified atom stereocenters. The fourth-order valence-electron chi connectivity index (χ4n) is 0. The van der Waals surface area contributed by atoms with E-state index in [4.69, 9.17) is 71.0 Å². The van der Waals surface area contributed by atoms with Crippen LogP contribution >= 0.6 is 0 Å². The molecular weight excluding hydrogens is 298 g/mol. The smallest absolute Gasteiger partial charge is 0.512 e. The van der Waals surface area contributed by atoms with E-state index in [2.05, 4.69) is 0 Å². The van der Waals surface area contributed by atoms with Crippen molar-refractivity contribution in [3.8, 4) is 0 Å². The van der Waals surface area contributed by atoms with Gasteiger partial charge in [-0.3, -0.25) is 0 Å². The van der Waals surface area contributed by atoms with Crippen molar-refractivity contribution < 1.29 is 39.6 Å². The summed E-state index contributed by atoms with van der Waals surface area (Å²) in [6.07, 6.45) is 0. The fourth-order valence-corrected chi connectivity index (χ4v) is 0. The molecule has 0 atom stereocenters. The first-order valence-corrected chi connectivity index (χ1v) is 1.34. The van der Waals surface area contributed by atoms with Gasteiger partial charge < -0.3 is 82.6 Å². The second-order valence-corrected chi connectivity index (χ2v) is 0. The van der Waals surface area contributed by atoms with Crippen LogP contribution in [0.3, 0.4) is 0 Å². The fraction of sp³-hybridized carbons (Fsp3) is 0. The maximum atomic E-state index is 6.25. The average molecular weight is 304 g/mol. The predicted octanol–water partition coefficient (Wildman–Crippen LogP) is 0.125. The molecule has 0 aromatic carbocycles. The van der Waals surface area contributed by atoms with Gasteiger partial charge in [0, 0.05) is 0 Å². The van der Waals surface area contributed by atoms with Gasteiger partial charge in [0.15, 0.2) is 0 Å². The van der Waals surface area contributed by atoms with Crippen LogP contribution in [0.1, 0.15) is 0 Å². The molecule has 0 fully saturated rings. The standard InChI is InChI=1S/6CN.2Fe.H3N.H2O/c6*1-2;;;;/h;;;;;;;;1H3;1H2/q6*-1;+3;+6;;/p+1. The molecule has 6 N–H and O–H groups in total. The number of hydrogen-bond acceptors (Lipinski definition) is 6. The molecule has 0 amide bonds. The summed E-state index contributed by atoms with van der Waals surface area (Å²) in [5.74, 6) is 0. The summed E-state index contributed by atoms with van der Waals surface area (Å²) < 4.78 is 0. The minimum atomic E-state index is 0. The van der Waals surface area contributed by atoms with E-state index in [9.17, 15) is 0 Å². The van der Waals surface area contributed by atoms with Crippen LogP contribution in [-0.4, -0.2) is 5.48 Å². The zero-order chi connectivity index (χ0) is 12.0. The summed E-state index contributed by atoms with van der Waals surface area (Å²) in [6.45, 7) is 28.5. The Kier molecular flexibility index (Phi) is 3930. The summed E-state index contributed by atoms with van der Waals surface area (Å²) in [6, 6.07) is 0. The van der Waals surface area contributed by atoms with Crippen molar-refractivity contribution in [2.75, 3.05) is 0 Å². The molecule has 16 heavy (non-hydrogen) atoms. The SMILES string of the molecule is O.[C-]#N.[C-]#N.[C-]#N.[C-]#N.[C-]#N.[C-]#N.[Fe+3].[Fe+6].[NH4+]. The Bertz CT molecular complexity index is 102. The van der Waals surface area contributed by atoms with Crippen molar-refractivity contribution in [2.45, 2.75) is 0 Å². The molecular formula is C6H6Fe2N7O+4. The van der Waals surface area contributed by atoms with Crippen LogP contribution in [0.15, 0.2) is 0 Å². The van der Waals surface area contributed by atoms with Crippen LogP contribution in [-0.2, 0) is 34.1 Å². The van der Waals surface area contributed by atoms with Crippen molar-refractivity contribution in [3.63, 3.8) is 0 Å². The monoisotopic (exact) mass is 304 g/mol. The van der Waals surface area contributed by atoms with Gasteiger partial charge in [0.25, 0.3) is 0 Å². The first-order chi connectivity index (χ1) is 6.00. The van der Waals surface area contributed by atoms with E-state index in [-0.39, 0.29) is 45.8 Å². The molecule has 0 aliphatic rings. The van der Waals surface area contributed by atoms with Gasteiger partial charge in [-0.25, -0.2) is 0 Å². The van der Waals surface area contributed by atoms with Crippen LogP contribution in [0, 0.1) is 71.0 Å². The molecule has 0 saturated heterocycles. The van der Waals surface area contributed by atoms with E-state index >= 15 is 0 Å². The molecule has 8 nitrogen and oxygen atoms in total. The van der Waals surface area contributed by atoms with E-state index in [0.29, 0.717) is 0 Å². The van der Waals surface area contributed by atoms with Gasteiger partial charge in [-0.1, -0.05) is 0 Å². The van der Waals surface area contributed by atoms with Crippen LogP contribution in [0.5, 0.6) is 0 Å². The maximum absolute atomic E-state index is 6.25. The quantitative estimate of drug-likeness (QED) is 0.484.